The normalized spacial score (nSPS) is 20.1. The van der Waals surface area contributed by atoms with Gasteiger partial charge in [0, 0.05) is 19.1 Å². The summed E-state index contributed by atoms with van der Waals surface area (Å²) in [5.41, 5.74) is 5.68. The summed E-state index contributed by atoms with van der Waals surface area (Å²) in [5.74, 6) is -0.281. The molecule has 3 N–H and O–H groups in total. The first-order valence-corrected chi connectivity index (χ1v) is 8.02. The molecule has 2 heterocycles. The number of nitrogens with one attached hydrogen (secondary N) is 1. The van der Waals surface area contributed by atoms with Crippen LogP contribution in [0.5, 0.6) is 0 Å². The zero-order chi connectivity index (χ0) is 14.8. The zero-order valence-corrected chi connectivity index (χ0v) is 12.1. The van der Waals surface area contributed by atoms with Gasteiger partial charge in [0.05, 0.1) is 0 Å². The van der Waals surface area contributed by atoms with Crippen LogP contribution in [-0.2, 0) is 10.0 Å². The average Bonchev–Trinajstić information content (AvgIpc) is 2.97. The number of hydrogen-bond acceptors (Lipinski definition) is 5. The van der Waals surface area contributed by atoms with Crippen LogP contribution < -0.4 is 10.5 Å². The minimum absolute atomic E-state index is 0.00860. The van der Waals surface area contributed by atoms with E-state index < -0.39 is 10.0 Å². The monoisotopic (exact) mass is 301 g/mol. The smallest absolute Gasteiger partial charge is 0.289 e. The van der Waals surface area contributed by atoms with Crippen molar-refractivity contribution in [3.63, 3.8) is 0 Å². The summed E-state index contributed by atoms with van der Waals surface area (Å²) in [6, 6.07) is 2.65. The summed E-state index contributed by atoms with van der Waals surface area (Å²) in [5, 5.41) is -0.260. The number of sulfonamides is 1. The lowest BCUT2D eigenvalue weighted by Gasteiger charge is -2.34. The lowest BCUT2D eigenvalue weighted by Crippen LogP contribution is -2.47. The van der Waals surface area contributed by atoms with Crippen molar-refractivity contribution in [2.75, 3.05) is 20.1 Å². The lowest BCUT2D eigenvalue weighted by atomic mass is 10.0. The number of hydrogen-bond donors (Lipinski definition) is 2. The molecule has 20 heavy (non-hydrogen) atoms. The van der Waals surface area contributed by atoms with Gasteiger partial charge in [-0.05, 0) is 38.4 Å². The van der Waals surface area contributed by atoms with E-state index in [1.54, 1.807) is 4.90 Å². The van der Waals surface area contributed by atoms with E-state index in [9.17, 15) is 13.2 Å². The zero-order valence-electron chi connectivity index (χ0n) is 11.3. The Labute approximate surface area is 118 Å². The van der Waals surface area contributed by atoms with Gasteiger partial charge in [-0.2, -0.15) is 0 Å². The van der Waals surface area contributed by atoms with E-state index in [0.29, 0.717) is 13.1 Å². The van der Waals surface area contributed by atoms with Crippen molar-refractivity contribution < 1.29 is 17.6 Å². The van der Waals surface area contributed by atoms with Gasteiger partial charge in [0.15, 0.2) is 5.76 Å². The molecule has 0 saturated carbocycles. The number of carbonyl (C=O) groups is 1. The molecular formula is C12H19N3O4S. The quantitative estimate of drug-likeness (QED) is 0.823. The molecule has 1 saturated heterocycles. The predicted octanol–water partition coefficient (Wildman–Crippen LogP) is 0.141. The van der Waals surface area contributed by atoms with Crippen LogP contribution in [0.15, 0.2) is 21.6 Å². The number of likely N-dealkylation sites (tertiary alicyclic amines) is 1. The highest BCUT2D eigenvalue weighted by atomic mass is 32.2. The second-order valence-corrected chi connectivity index (χ2v) is 6.53. The van der Waals surface area contributed by atoms with Gasteiger partial charge in [0.1, 0.15) is 0 Å². The maximum absolute atomic E-state index is 12.4. The summed E-state index contributed by atoms with van der Waals surface area (Å²) in [6.07, 6.45) is 2.83. The first kappa shape index (κ1) is 15.0. The number of carbonyl (C=O) groups excluding carboxylic acids is 1. The van der Waals surface area contributed by atoms with E-state index >= 15 is 0 Å². The molecule has 0 spiro atoms. The van der Waals surface area contributed by atoms with Gasteiger partial charge >= 0.3 is 0 Å². The Morgan fingerprint density at radius 1 is 1.50 bits per heavy atom. The van der Waals surface area contributed by atoms with E-state index in [2.05, 4.69) is 4.72 Å². The topological polar surface area (TPSA) is 106 Å². The molecule has 1 aromatic heterocycles. The molecule has 112 valence electrons. The molecule has 1 aliphatic rings. The Kier molecular flexibility index (Phi) is 4.46. The number of furan rings is 1. The second kappa shape index (κ2) is 5.94. The number of nitrogens with two attached hydrogens (primary N) is 1. The maximum Gasteiger partial charge on any atom is 0.289 e. The van der Waals surface area contributed by atoms with Crippen molar-refractivity contribution >= 4 is 15.9 Å². The molecule has 1 amide bonds. The molecule has 1 aliphatic heterocycles. The van der Waals surface area contributed by atoms with E-state index in [0.717, 1.165) is 19.3 Å². The van der Waals surface area contributed by atoms with Crippen molar-refractivity contribution in [1.82, 2.24) is 9.62 Å². The van der Waals surface area contributed by atoms with Gasteiger partial charge in [-0.15, -0.1) is 0 Å². The molecule has 7 nitrogen and oxygen atoms in total. The molecule has 2 rings (SSSR count). The molecule has 0 radical (unpaired) electrons. The van der Waals surface area contributed by atoms with Gasteiger partial charge in [0.2, 0.25) is 5.09 Å². The third-order valence-electron chi connectivity index (χ3n) is 3.49. The van der Waals surface area contributed by atoms with Crippen LogP contribution in [0.3, 0.4) is 0 Å². The Morgan fingerprint density at radius 3 is 2.90 bits per heavy atom. The van der Waals surface area contributed by atoms with Gasteiger partial charge in [0.25, 0.3) is 15.9 Å². The van der Waals surface area contributed by atoms with E-state index in [-0.39, 0.29) is 22.8 Å². The molecule has 0 aliphatic carbocycles. The van der Waals surface area contributed by atoms with Crippen LogP contribution in [0.25, 0.3) is 0 Å². The van der Waals surface area contributed by atoms with E-state index in [1.165, 1.54) is 19.2 Å². The number of piperidine rings is 1. The second-order valence-electron chi connectivity index (χ2n) is 4.71. The Morgan fingerprint density at radius 2 is 2.25 bits per heavy atom. The largest absolute Gasteiger partial charge is 0.438 e. The van der Waals surface area contributed by atoms with Gasteiger partial charge in [-0.1, -0.05) is 0 Å². The fourth-order valence-electron chi connectivity index (χ4n) is 2.33. The van der Waals surface area contributed by atoms with Gasteiger partial charge in [-0.25, -0.2) is 13.1 Å². The van der Waals surface area contributed by atoms with Crippen molar-refractivity contribution in [3.8, 4) is 0 Å². The van der Waals surface area contributed by atoms with Crippen molar-refractivity contribution in [2.24, 2.45) is 5.73 Å². The van der Waals surface area contributed by atoms with Crippen molar-refractivity contribution in [3.05, 3.63) is 17.9 Å². The van der Waals surface area contributed by atoms with Gasteiger partial charge in [-0.3, -0.25) is 4.79 Å². The first-order chi connectivity index (χ1) is 9.49. The summed E-state index contributed by atoms with van der Waals surface area (Å²) < 4.78 is 30.5. The fraction of sp³-hybridized carbons (Fsp3) is 0.583. The predicted molar refractivity (Wildman–Crippen MR) is 72.7 cm³/mol. The Hall–Kier alpha value is -1.38. The minimum Gasteiger partial charge on any atom is -0.438 e. The van der Waals surface area contributed by atoms with Gasteiger partial charge < -0.3 is 15.1 Å². The van der Waals surface area contributed by atoms with Crippen LogP contribution in [-0.4, -0.2) is 45.4 Å². The standard InChI is InChI=1S/C12H19N3O4S/c1-14-20(17,18)11-6-5-10(19-11)12(16)15-7-3-2-4-9(15)8-13/h5-6,9,14H,2-4,7-8,13H2,1H3. The first-order valence-electron chi connectivity index (χ1n) is 6.54. The minimum atomic E-state index is -3.67. The molecule has 8 heteroatoms. The third-order valence-corrected chi connectivity index (χ3v) is 4.77. The van der Waals surface area contributed by atoms with Crippen LogP contribution in [0.4, 0.5) is 0 Å². The number of nitrogens with zero attached hydrogens (tertiary/aromatic N) is 1. The fourth-order valence-corrected chi connectivity index (χ4v) is 2.98. The van der Waals surface area contributed by atoms with Crippen LogP contribution in [0.1, 0.15) is 29.8 Å². The van der Waals surface area contributed by atoms with E-state index in [1.807, 2.05) is 0 Å². The SMILES string of the molecule is CNS(=O)(=O)c1ccc(C(=O)N2CCCCC2CN)o1. The van der Waals surface area contributed by atoms with Crippen LogP contribution >= 0.6 is 0 Å². The molecular weight excluding hydrogens is 282 g/mol. The highest BCUT2D eigenvalue weighted by Gasteiger charge is 2.29. The van der Waals surface area contributed by atoms with Crippen molar-refractivity contribution in [1.29, 1.82) is 0 Å². The molecule has 0 aromatic carbocycles. The van der Waals surface area contributed by atoms with Crippen molar-refractivity contribution in [2.45, 2.75) is 30.4 Å². The molecule has 1 aromatic rings. The number of amides is 1. The number of rotatable bonds is 4. The highest BCUT2D eigenvalue weighted by Crippen LogP contribution is 2.21. The molecule has 1 atom stereocenters. The average molecular weight is 301 g/mol. The Bertz CT molecular complexity index is 581. The molecule has 1 fully saturated rings. The van der Waals surface area contributed by atoms with Crippen LogP contribution in [0, 0.1) is 0 Å². The Balaban J connectivity index is 2.21. The maximum atomic E-state index is 12.4. The summed E-state index contributed by atoms with van der Waals surface area (Å²) >= 11 is 0. The third kappa shape index (κ3) is 2.87. The molecule has 1 unspecified atom stereocenters. The summed E-state index contributed by atoms with van der Waals surface area (Å²) in [4.78, 5) is 14.0. The lowest BCUT2D eigenvalue weighted by molar-refractivity contribution is 0.0585. The molecule has 0 bridgehead atoms. The highest BCUT2D eigenvalue weighted by molar-refractivity contribution is 7.89. The summed E-state index contributed by atoms with van der Waals surface area (Å²) in [7, 11) is -2.39. The summed E-state index contributed by atoms with van der Waals surface area (Å²) in [6.45, 7) is 1.02. The van der Waals surface area contributed by atoms with Crippen LogP contribution in [0.2, 0.25) is 0 Å². The van der Waals surface area contributed by atoms with E-state index in [4.69, 9.17) is 10.2 Å².